The van der Waals surface area contributed by atoms with Gasteiger partial charge in [-0.2, -0.15) is 0 Å². The number of hydrogen-bond donors (Lipinski definition) is 1. The molecule has 2 aromatic carbocycles. The van der Waals surface area contributed by atoms with Crippen LogP contribution < -0.4 is 0 Å². The Hall–Kier alpha value is -2.18. The van der Waals surface area contributed by atoms with Gasteiger partial charge in [-0.05, 0) is 37.5 Å². The molecule has 2 rings (SSSR count). The molecule has 2 aromatic rings. The molecule has 0 fully saturated rings. The molecule has 0 aromatic heterocycles. The maximum absolute atomic E-state index is 12.5. The fourth-order valence-electron chi connectivity index (χ4n) is 2.40. The molecule has 0 saturated carbocycles. The fourth-order valence-corrected chi connectivity index (χ4v) is 3.78. The third kappa shape index (κ3) is 5.41. The minimum absolute atomic E-state index is 0.00149. The summed E-state index contributed by atoms with van der Waals surface area (Å²) >= 11 is 0. The van der Waals surface area contributed by atoms with E-state index in [1.54, 1.807) is 12.1 Å². The number of hydrogen-bond acceptors (Lipinski definition) is 4. The average Bonchev–Trinajstić information content (AvgIpc) is 2.58. The number of carbonyl (C=O) groups is 1. The lowest BCUT2D eigenvalue weighted by molar-refractivity contribution is -0.137. The van der Waals surface area contributed by atoms with E-state index in [1.165, 1.54) is 12.1 Å². The molecule has 0 spiro atoms. The number of rotatable bonds is 9. The first-order chi connectivity index (χ1) is 11.9. The number of ether oxygens (including phenoxy) is 1. The topological polar surface area (TPSA) is 80.7 Å². The van der Waals surface area contributed by atoms with Crippen molar-refractivity contribution in [2.45, 2.75) is 29.9 Å². The second kappa shape index (κ2) is 8.78. The minimum atomic E-state index is -3.98. The molecule has 0 saturated heterocycles. The average molecular weight is 362 g/mol. The van der Waals surface area contributed by atoms with Gasteiger partial charge in [-0.15, -0.1) is 0 Å². The second-order valence-corrected chi connectivity index (χ2v) is 7.98. The van der Waals surface area contributed by atoms with Crippen molar-refractivity contribution in [3.63, 3.8) is 0 Å². The van der Waals surface area contributed by atoms with Crippen molar-refractivity contribution >= 4 is 15.8 Å². The third-order valence-corrected chi connectivity index (χ3v) is 5.88. The highest BCUT2D eigenvalue weighted by Crippen LogP contribution is 2.18. The van der Waals surface area contributed by atoms with E-state index in [-0.39, 0.29) is 11.5 Å². The lowest BCUT2D eigenvalue weighted by Gasteiger charge is -2.14. The molecular formula is C19H22O5S. The van der Waals surface area contributed by atoms with E-state index < -0.39 is 21.1 Å². The van der Waals surface area contributed by atoms with Crippen molar-refractivity contribution < 1.29 is 23.1 Å². The van der Waals surface area contributed by atoms with Gasteiger partial charge in [0.25, 0.3) is 0 Å². The summed E-state index contributed by atoms with van der Waals surface area (Å²) in [7, 11) is -3.98. The van der Waals surface area contributed by atoms with Gasteiger partial charge in [0.2, 0.25) is 0 Å². The fraction of sp³-hybridized carbons (Fsp3) is 0.316. The zero-order valence-electron chi connectivity index (χ0n) is 14.1. The lowest BCUT2D eigenvalue weighted by atomic mass is 10.1. The Labute approximate surface area is 148 Å². The Morgan fingerprint density at radius 1 is 1.08 bits per heavy atom. The van der Waals surface area contributed by atoms with E-state index >= 15 is 0 Å². The first-order valence-corrected chi connectivity index (χ1v) is 9.61. The Kier molecular flexibility index (Phi) is 6.73. The Morgan fingerprint density at radius 3 is 2.32 bits per heavy atom. The molecule has 6 heteroatoms. The van der Waals surface area contributed by atoms with Crippen LogP contribution in [0.3, 0.4) is 0 Å². The number of aliphatic carboxylic acids is 1. The highest BCUT2D eigenvalue weighted by Gasteiger charge is 2.34. The van der Waals surface area contributed by atoms with E-state index in [9.17, 15) is 18.3 Å². The molecule has 1 N–H and O–H groups in total. The van der Waals surface area contributed by atoms with E-state index in [1.807, 2.05) is 37.3 Å². The molecule has 1 atom stereocenters. The lowest BCUT2D eigenvalue weighted by Crippen LogP contribution is -2.35. The van der Waals surface area contributed by atoms with Gasteiger partial charge in [-0.25, -0.2) is 8.42 Å². The quantitative estimate of drug-likeness (QED) is 0.694. The van der Waals surface area contributed by atoms with Gasteiger partial charge in [0.1, 0.15) is 0 Å². The minimum Gasteiger partial charge on any atom is -0.480 e. The molecule has 0 amide bonds. The predicted molar refractivity (Wildman–Crippen MR) is 95.4 cm³/mol. The molecule has 0 aliphatic rings. The van der Waals surface area contributed by atoms with Crippen molar-refractivity contribution in [3.8, 4) is 0 Å². The van der Waals surface area contributed by atoms with E-state index in [4.69, 9.17) is 4.74 Å². The van der Waals surface area contributed by atoms with Crippen LogP contribution in [0.1, 0.15) is 17.5 Å². The van der Waals surface area contributed by atoms with E-state index in [0.717, 1.165) is 17.5 Å². The van der Waals surface area contributed by atoms with Crippen molar-refractivity contribution in [1.82, 2.24) is 0 Å². The summed E-state index contributed by atoms with van der Waals surface area (Å²) in [4.78, 5) is 11.4. The molecule has 5 nitrogen and oxygen atoms in total. The maximum Gasteiger partial charge on any atom is 0.324 e. The molecule has 0 radical (unpaired) electrons. The largest absolute Gasteiger partial charge is 0.480 e. The van der Waals surface area contributed by atoms with Crippen LogP contribution in [-0.4, -0.2) is 38.0 Å². The molecule has 0 heterocycles. The molecular weight excluding hydrogens is 340 g/mol. The van der Waals surface area contributed by atoms with Gasteiger partial charge in [-0.3, -0.25) is 4.79 Å². The molecule has 0 aliphatic carbocycles. The zero-order chi connectivity index (χ0) is 18.3. The van der Waals surface area contributed by atoms with Crippen LogP contribution in [-0.2, 0) is 25.8 Å². The first kappa shape index (κ1) is 19.1. The summed E-state index contributed by atoms with van der Waals surface area (Å²) in [5.74, 6) is -1.40. The SMILES string of the molecule is Cc1ccc(S(=O)(=O)C(COCCCc2ccccc2)C(=O)O)cc1. The van der Waals surface area contributed by atoms with Crippen molar-refractivity contribution in [3.05, 3.63) is 65.7 Å². The normalized spacial score (nSPS) is 12.7. The summed E-state index contributed by atoms with van der Waals surface area (Å²) in [6.07, 6.45) is 1.49. The number of carboxylic acids is 1. The molecule has 0 bridgehead atoms. The summed E-state index contributed by atoms with van der Waals surface area (Å²) in [5.41, 5.74) is 2.07. The van der Waals surface area contributed by atoms with Crippen molar-refractivity contribution in [2.75, 3.05) is 13.2 Å². The highest BCUT2D eigenvalue weighted by molar-refractivity contribution is 7.92. The van der Waals surface area contributed by atoms with Gasteiger partial charge in [0, 0.05) is 6.61 Å². The number of aryl methyl sites for hydroxylation is 2. The van der Waals surface area contributed by atoms with Crippen LogP contribution in [0.2, 0.25) is 0 Å². The third-order valence-electron chi connectivity index (χ3n) is 3.87. The van der Waals surface area contributed by atoms with Crippen LogP contribution in [0, 0.1) is 6.92 Å². The van der Waals surface area contributed by atoms with Gasteiger partial charge >= 0.3 is 5.97 Å². The smallest absolute Gasteiger partial charge is 0.324 e. The van der Waals surface area contributed by atoms with Gasteiger partial charge in [0.05, 0.1) is 11.5 Å². The predicted octanol–water partition coefficient (Wildman–Crippen LogP) is 2.87. The van der Waals surface area contributed by atoms with Crippen LogP contribution in [0.25, 0.3) is 0 Å². The molecule has 1 unspecified atom stereocenters. The van der Waals surface area contributed by atoms with Crippen LogP contribution in [0.15, 0.2) is 59.5 Å². The highest BCUT2D eigenvalue weighted by atomic mass is 32.2. The first-order valence-electron chi connectivity index (χ1n) is 8.06. The zero-order valence-corrected chi connectivity index (χ0v) is 14.9. The van der Waals surface area contributed by atoms with Gasteiger partial charge in [0.15, 0.2) is 15.1 Å². The van der Waals surface area contributed by atoms with Crippen molar-refractivity contribution in [2.24, 2.45) is 0 Å². The summed E-state index contributed by atoms with van der Waals surface area (Å²) in [6.45, 7) is 1.78. The summed E-state index contributed by atoms with van der Waals surface area (Å²) in [6, 6.07) is 16.0. The van der Waals surface area contributed by atoms with E-state index in [0.29, 0.717) is 13.0 Å². The Morgan fingerprint density at radius 2 is 1.72 bits per heavy atom. The van der Waals surface area contributed by atoms with Crippen molar-refractivity contribution in [1.29, 1.82) is 0 Å². The summed E-state index contributed by atoms with van der Waals surface area (Å²) in [5, 5.41) is 7.70. The van der Waals surface area contributed by atoms with Crippen LogP contribution >= 0.6 is 0 Å². The van der Waals surface area contributed by atoms with Crippen LogP contribution in [0.5, 0.6) is 0 Å². The van der Waals surface area contributed by atoms with Gasteiger partial charge in [-0.1, -0.05) is 48.0 Å². The second-order valence-electron chi connectivity index (χ2n) is 5.85. The van der Waals surface area contributed by atoms with Crippen LogP contribution in [0.4, 0.5) is 0 Å². The number of benzene rings is 2. The number of carboxylic acid groups (broad SMARTS) is 1. The Balaban J connectivity index is 1.92. The van der Waals surface area contributed by atoms with Gasteiger partial charge < -0.3 is 9.84 Å². The standard InChI is InChI=1S/C19H22O5S/c1-15-9-11-17(12-10-15)25(22,23)18(19(20)21)14-24-13-5-8-16-6-3-2-4-7-16/h2-4,6-7,9-12,18H,5,8,13-14H2,1H3,(H,20,21). The molecule has 25 heavy (non-hydrogen) atoms. The molecule has 134 valence electrons. The number of sulfone groups is 1. The maximum atomic E-state index is 12.5. The summed E-state index contributed by atoms with van der Waals surface area (Å²) < 4.78 is 30.4. The Bertz CT molecular complexity index is 782. The molecule has 0 aliphatic heterocycles. The van der Waals surface area contributed by atoms with E-state index in [2.05, 4.69) is 0 Å². The monoisotopic (exact) mass is 362 g/mol.